The molecule has 2 N–H and O–H groups in total. The van der Waals surface area contributed by atoms with E-state index in [4.69, 9.17) is 10.8 Å². The Morgan fingerprint density at radius 1 is 0.909 bits per heavy atom. The summed E-state index contributed by atoms with van der Waals surface area (Å²) in [4.78, 5) is 2.15. The molecule has 0 aromatic carbocycles. The first-order chi connectivity index (χ1) is 5.29. The summed E-state index contributed by atoms with van der Waals surface area (Å²) in [6.07, 6.45) is 0.560. The topological polar surface area (TPSA) is 47.7 Å². The molecule has 0 atom stereocenters. The fourth-order valence-electron chi connectivity index (χ4n) is 1.20. The van der Waals surface area contributed by atoms with Gasteiger partial charge in [-0.05, 0) is 0 Å². The molecule has 0 radical (unpaired) electrons. The molecule has 11 heavy (non-hydrogen) atoms. The van der Waals surface area contributed by atoms with Gasteiger partial charge in [0.2, 0.25) is 0 Å². The Hall–Kier alpha value is -0.220. The maximum absolute atomic E-state index is 7.57. The fraction of sp³-hybridized carbons (Fsp3) is 0.429. The zero-order valence-corrected chi connectivity index (χ0v) is 7.57. The summed E-state index contributed by atoms with van der Waals surface area (Å²) >= 11 is 3.48. The van der Waals surface area contributed by atoms with Gasteiger partial charge in [0.15, 0.2) is 0 Å². The van der Waals surface area contributed by atoms with Gasteiger partial charge < -0.3 is 10.8 Å². The molecule has 2 aliphatic rings. The normalized spacial score (nSPS) is 24.4. The van der Waals surface area contributed by atoms with Crippen molar-refractivity contribution in [2.24, 2.45) is 0 Å². The molecule has 0 bridgehead atoms. The van der Waals surface area contributed by atoms with Crippen molar-refractivity contribution < 1.29 is 0 Å². The molecule has 1 heterocycles. The first kappa shape index (κ1) is 7.43. The predicted octanol–water partition coefficient (Wildman–Crippen LogP) is 2.12. The predicted molar refractivity (Wildman–Crippen MR) is 52.0 cm³/mol. The summed E-state index contributed by atoms with van der Waals surface area (Å²) in [5.41, 5.74) is 1.31. The summed E-state index contributed by atoms with van der Waals surface area (Å²) in [6, 6.07) is 0. The molecular weight excluding hydrogens is 176 g/mol. The van der Waals surface area contributed by atoms with E-state index in [0.717, 1.165) is 21.3 Å². The lowest BCUT2D eigenvalue weighted by atomic mass is 10.3. The summed E-state index contributed by atoms with van der Waals surface area (Å²) in [5, 5.41) is 15.1. The van der Waals surface area contributed by atoms with Gasteiger partial charge in [0, 0.05) is 27.7 Å². The molecule has 0 spiro atoms. The first-order valence-corrected chi connectivity index (χ1v) is 5.41. The van der Waals surface area contributed by atoms with Gasteiger partial charge in [-0.15, -0.1) is 23.5 Å². The Labute approximate surface area is 73.8 Å². The monoisotopic (exact) mass is 184 g/mol. The van der Waals surface area contributed by atoms with Crippen LogP contribution in [0.5, 0.6) is 0 Å². The van der Waals surface area contributed by atoms with Crippen molar-refractivity contribution in [3.8, 4) is 0 Å². The summed E-state index contributed by atoms with van der Waals surface area (Å²) in [6.45, 7) is 0. The van der Waals surface area contributed by atoms with Gasteiger partial charge in [-0.25, -0.2) is 0 Å². The van der Waals surface area contributed by atoms with Crippen molar-refractivity contribution in [2.45, 2.75) is 6.42 Å². The summed E-state index contributed by atoms with van der Waals surface area (Å²) in [7, 11) is 0. The van der Waals surface area contributed by atoms with E-state index < -0.39 is 0 Å². The lowest BCUT2D eigenvalue weighted by molar-refractivity contribution is 1.40. The average Bonchev–Trinajstić information content (AvgIpc) is 2.30. The fourth-order valence-corrected chi connectivity index (χ4v) is 3.63. The Balaban J connectivity index is 2.40. The second kappa shape index (κ2) is 2.68. The lowest BCUT2D eigenvalue weighted by Crippen LogP contribution is -1.98. The molecule has 0 amide bonds. The minimum absolute atomic E-state index is 0.560. The van der Waals surface area contributed by atoms with Gasteiger partial charge in [0.1, 0.15) is 0 Å². The molecule has 0 unspecified atom stereocenters. The third-order valence-electron chi connectivity index (χ3n) is 1.68. The number of rotatable bonds is 0. The van der Waals surface area contributed by atoms with Crippen LogP contribution >= 0.6 is 23.5 Å². The van der Waals surface area contributed by atoms with Crippen LogP contribution in [0.4, 0.5) is 0 Å². The minimum Gasteiger partial charge on any atom is -0.304 e. The Bertz CT molecular complexity index is 242. The van der Waals surface area contributed by atoms with Crippen molar-refractivity contribution in [1.29, 1.82) is 10.8 Å². The number of thioether (sulfide) groups is 2. The van der Waals surface area contributed by atoms with Gasteiger partial charge in [0.05, 0.1) is 11.4 Å². The van der Waals surface area contributed by atoms with Crippen LogP contribution in [0.2, 0.25) is 0 Å². The summed E-state index contributed by atoms with van der Waals surface area (Å²) < 4.78 is 0. The van der Waals surface area contributed by atoms with E-state index in [9.17, 15) is 0 Å². The van der Waals surface area contributed by atoms with E-state index in [0.29, 0.717) is 17.8 Å². The molecule has 0 saturated heterocycles. The van der Waals surface area contributed by atoms with Crippen LogP contribution in [0.3, 0.4) is 0 Å². The molecule has 58 valence electrons. The van der Waals surface area contributed by atoms with Crippen LogP contribution in [-0.4, -0.2) is 22.9 Å². The van der Waals surface area contributed by atoms with Gasteiger partial charge >= 0.3 is 0 Å². The number of allylic oxidation sites excluding steroid dienone is 2. The molecule has 2 rings (SSSR count). The SMILES string of the molecule is N=C1CC(=N)C2=C1SCCS2. The number of nitrogens with one attached hydrogen (secondary N) is 2. The molecule has 0 aromatic rings. The Kier molecular flexibility index (Phi) is 1.81. The maximum atomic E-state index is 7.57. The third kappa shape index (κ3) is 1.14. The second-order valence-corrected chi connectivity index (χ2v) is 4.70. The van der Waals surface area contributed by atoms with E-state index in [1.165, 1.54) is 0 Å². The van der Waals surface area contributed by atoms with Gasteiger partial charge in [-0.2, -0.15) is 0 Å². The molecule has 1 aliphatic heterocycles. The van der Waals surface area contributed by atoms with Crippen molar-refractivity contribution in [1.82, 2.24) is 0 Å². The highest BCUT2D eigenvalue weighted by molar-refractivity contribution is 8.11. The van der Waals surface area contributed by atoms with Crippen LogP contribution < -0.4 is 0 Å². The summed E-state index contributed by atoms with van der Waals surface area (Å²) in [5.74, 6) is 2.19. The van der Waals surface area contributed by atoms with E-state index in [1.807, 2.05) is 0 Å². The molecule has 1 aliphatic carbocycles. The van der Waals surface area contributed by atoms with Crippen molar-refractivity contribution in [3.05, 3.63) is 9.81 Å². The molecule has 0 fully saturated rings. The zero-order chi connectivity index (χ0) is 7.84. The van der Waals surface area contributed by atoms with Crippen LogP contribution in [0.15, 0.2) is 9.81 Å². The van der Waals surface area contributed by atoms with Crippen LogP contribution in [0, 0.1) is 10.8 Å². The molecule has 2 nitrogen and oxygen atoms in total. The van der Waals surface area contributed by atoms with E-state index in [2.05, 4.69) is 0 Å². The Morgan fingerprint density at radius 3 is 1.82 bits per heavy atom. The van der Waals surface area contributed by atoms with E-state index in [-0.39, 0.29) is 0 Å². The minimum atomic E-state index is 0.560. The highest BCUT2D eigenvalue weighted by Crippen LogP contribution is 2.40. The average molecular weight is 184 g/mol. The van der Waals surface area contributed by atoms with Gasteiger partial charge in [-0.1, -0.05) is 0 Å². The third-order valence-corrected chi connectivity index (χ3v) is 4.37. The largest absolute Gasteiger partial charge is 0.304 e. The quantitative estimate of drug-likeness (QED) is 0.606. The van der Waals surface area contributed by atoms with Crippen LogP contribution in [-0.2, 0) is 0 Å². The highest BCUT2D eigenvalue weighted by Gasteiger charge is 2.27. The smallest absolute Gasteiger partial charge is 0.0521 e. The molecule has 0 saturated carbocycles. The zero-order valence-electron chi connectivity index (χ0n) is 5.94. The van der Waals surface area contributed by atoms with Crippen LogP contribution in [0.25, 0.3) is 0 Å². The standard InChI is InChI=1S/C7H8N2S2/c8-4-3-5(9)7-6(4)10-1-2-11-7/h8-9H,1-3H2. The van der Waals surface area contributed by atoms with Crippen molar-refractivity contribution in [2.75, 3.05) is 11.5 Å². The van der Waals surface area contributed by atoms with Crippen molar-refractivity contribution >= 4 is 34.9 Å². The molecular formula is C7H8N2S2. The van der Waals surface area contributed by atoms with Crippen LogP contribution in [0.1, 0.15) is 6.42 Å². The van der Waals surface area contributed by atoms with E-state index in [1.54, 1.807) is 23.5 Å². The number of hydrogen-bond donors (Lipinski definition) is 2. The maximum Gasteiger partial charge on any atom is 0.0521 e. The number of hydrogen-bond acceptors (Lipinski definition) is 4. The Morgan fingerprint density at radius 2 is 1.36 bits per heavy atom. The lowest BCUT2D eigenvalue weighted by Gasteiger charge is -2.11. The van der Waals surface area contributed by atoms with Crippen molar-refractivity contribution in [3.63, 3.8) is 0 Å². The van der Waals surface area contributed by atoms with Gasteiger partial charge in [0.25, 0.3) is 0 Å². The molecule has 0 aromatic heterocycles. The van der Waals surface area contributed by atoms with Gasteiger partial charge in [-0.3, -0.25) is 0 Å². The highest BCUT2D eigenvalue weighted by atomic mass is 32.2. The second-order valence-electron chi connectivity index (χ2n) is 2.49. The first-order valence-electron chi connectivity index (χ1n) is 3.44. The molecule has 4 heteroatoms. The van der Waals surface area contributed by atoms with E-state index >= 15 is 0 Å².